The van der Waals surface area contributed by atoms with Crippen molar-refractivity contribution in [2.24, 2.45) is 5.92 Å². The molecule has 0 aromatic heterocycles. The molecule has 0 spiro atoms. The standard InChI is InChI=1S/C12H22N2O4/c1-12(2,8-18-3)13-11(17)14(7-10(15)16)6-9-4-5-9/h9H,4-8H2,1-3H3,(H,13,17)(H,15,16). The average molecular weight is 258 g/mol. The molecule has 18 heavy (non-hydrogen) atoms. The second-order valence-electron chi connectivity index (χ2n) is 5.46. The lowest BCUT2D eigenvalue weighted by Gasteiger charge is -2.29. The van der Waals surface area contributed by atoms with Crippen molar-refractivity contribution < 1.29 is 19.4 Å². The Morgan fingerprint density at radius 2 is 2.06 bits per heavy atom. The van der Waals surface area contributed by atoms with Crippen LogP contribution in [0.3, 0.4) is 0 Å². The second kappa shape index (κ2) is 6.04. The fourth-order valence-electron chi connectivity index (χ4n) is 1.76. The number of methoxy groups -OCH3 is 1. The van der Waals surface area contributed by atoms with Crippen molar-refractivity contribution in [1.82, 2.24) is 10.2 Å². The molecule has 104 valence electrons. The van der Waals surface area contributed by atoms with Crippen LogP contribution >= 0.6 is 0 Å². The van der Waals surface area contributed by atoms with E-state index in [1.165, 1.54) is 4.90 Å². The maximum atomic E-state index is 12.0. The molecule has 1 aliphatic rings. The summed E-state index contributed by atoms with van der Waals surface area (Å²) in [4.78, 5) is 24.1. The molecule has 2 amide bonds. The van der Waals surface area contributed by atoms with Crippen molar-refractivity contribution in [1.29, 1.82) is 0 Å². The molecule has 1 aliphatic carbocycles. The molecular formula is C12H22N2O4. The zero-order chi connectivity index (χ0) is 13.8. The highest BCUT2D eigenvalue weighted by atomic mass is 16.5. The summed E-state index contributed by atoms with van der Waals surface area (Å²) in [6, 6.07) is -0.341. The van der Waals surface area contributed by atoms with Crippen molar-refractivity contribution in [2.45, 2.75) is 32.2 Å². The van der Waals surface area contributed by atoms with Crippen molar-refractivity contribution in [3.63, 3.8) is 0 Å². The van der Waals surface area contributed by atoms with Crippen LogP contribution in [0.1, 0.15) is 26.7 Å². The van der Waals surface area contributed by atoms with Crippen LogP contribution in [0.4, 0.5) is 4.79 Å². The maximum Gasteiger partial charge on any atom is 0.323 e. The molecule has 6 nitrogen and oxygen atoms in total. The number of carbonyl (C=O) groups excluding carboxylic acids is 1. The van der Waals surface area contributed by atoms with Crippen molar-refractivity contribution in [2.75, 3.05) is 26.8 Å². The van der Waals surface area contributed by atoms with E-state index >= 15 is 0 Å². The van der Waals surface area contributed by atoms with Gasteiger partial charge in [-0.1, -0.05) is 0 Å². The van der Waals surface area contributed by atoms with Crippen LogP contribution in [-0.4, -0.2) is 54.4 Å². The minimum absolute atomic E-state index is 0.259. The minimum atomic E-state index is -0.990. The topological polar surface area (TPSA) is 78.9 Å². The quantitative estimate of drug-likeness (QED) is 0.711. The first kappa shape index (κ1) is 14.8. The van der Waals surface area contributed by atoms with Crippen LogP contribution in [0.25, 0.3) is 0 Å². The largest absolute Gasteiger partial charge is 0.480 e. The Kier molecular flexibility index (Phi) is 4.95. The molecule has 1 rings (SSSR count). The second-order valence-corrected chi connectivity index (χ2v) is 5.46. The Bertz CT molecular complexity index is 313. The number of urea groups is 1. The molecule has 0 saturated heterocycles. The van der Waals surface area contributed by atoms with E-state index in [0.717, 1.165) is 12.8 Å². The number of hydrogen-bond acceptors (Lipinski definition) is 3. The Hall–Kier alpha value is -1.30. The van der Waals surface area contributed by atoms with Crippen molar-refractivity contribution >= 4 is 12.0 Å². The monoisotopic (exact) mass is 258 g/mol. The first-order valence-corrected chi connectivity index (χ1v) is 6.12. The summed E-state index contributed by atoms with van der Waals surface area (Å²) in [6.07, 6.45) is 2.15. The summed E-state index contributed by atoms with van der Waals surface area (Å²) in [5.41, 5.74) is -0.508. The first-order chi connectivity index (χ1) is 8.34. The van der Waals surface area contributed by atoms with Crippen LogP contribution in [0.2, 0.25) is 0 Å². The zero-order valence-electron chi connectivity index (χ0n) is 11.2. The van der Waals surface area contributed by atoms with E-state index in [1.54, 1.807) is 7.11 Å². The summed E-state index contributed by atoms with van der Waals surface area (Å²) in [5, 5.41) is 11.6. The molecule has 0 heterocycles. The van der Waals surface area contributed by atoms with Crippen LogP contribution in [0.15, 0.2) is 0 Å². The number of carboxylic acids is 1. The lowest BCUT2D eigenvalue weighted by Crippen LogP contribution is -2.53. The van der Waals surface area contributed by atoms with Gasteiger partial charge in [-0.3, -0.25) is 4.79 Å². The highest BCUT2D eigenvalue weighted by Gasteiger charge is 2.30. The third kappa shape index (κ3) is 5.35. The molecule has 0 aromatic carbocycles. The number of aliphatic carboxylic acids is 1. The van der Waals surface area contributed by atoms with Crippen LogP contribution in [0.5, 0.6) is 0 Å². The number of nitrogens with zero attached hydrogens (tertiary/aromatic N) is 1. The fraction of sp³-hybridized carbons (Fsp3) is 0.833. The molecule has 1 fully saturated rings. The van der Waals surface area contributed by atoms with E-state index in [4.69, 9.17) is 9.84 Å². The lowest BCUT2D eigenvalue weighted by atomic mass is 10.1. The SMILES string of the molecule is COCC(C)(C)NC(=O)N(CC(=O)O)CC1CC1. The maximum absolute atomic E-state index is 12.0. The molecule has 0 atom stereocenters. The number of rotatable bonds is 7. The predicted molar refractivity (Wildman–Crippen MR) is 66.4 cm³/mol. The highest BCUT2D eigenvalue weighted by Crippen LogP contribution is 2.29. The molecule has 0 unspecified atom stereocenters. The third-order valence-electron chi connectivity index (χ3n) is 2.74. The zero-order valence-corrected chi connectivity index (χ0v) is 11.2. The number of amides is 2. The van der Waals surface area contributed by atoms with Crippen LogP contribution in [-0.2, 0) is 9.53 Å². The van der Waals surface area contributed by atoms with E-state index < -0.39 is 11.5 Å². The molecule has 0 aliphatic heterocycles. The fourth-order valence-corrected chi connectivity index (χ4v) is 1.76. The van der Waals surface area contributed by atoms with Gasteiger partial charge in [-0.2, -0.15) is 0 Å². The first-order valence-electron chi connectivity index (χ1n) is 6.12. The van der Waals surface area contributed by atoms with Crippen LogP contribution in [0, 0.1) is 5.92 Å². The number of ether oxygens (including phenoxy) is 1. The van der Waals surface area contributed by atoms with Gasteiger partial charge in [0, 0.05) is 13.7 Å². The van der Waals surface area contributed by atoms with Gasteiger partial charge in [0.2, 0.25) is 0 Å². The van der Waals surface area contributed by atoms with Gasteiger partial charge >= 0.3 is 12.0 Å². The number of nitrogens with one attached hydrogen (secondary N) is 1. The number of carbonyl (C=O) groups is 2. The van der Waals surface area contributed by atoms with Gasteiger partial charge in [-0.25, -0.2) is 4.79 Å². The summed E-state index contributed by atoms with van der Waals surface area (Å²) < 4.78 is 5.01. The van der Waals surface area contributed by atoms with Gasteiger partial charge in [-0.15, -0.1) is 0 Å². The van der Waals surface area contributed by atoms with Gasteiger partial charge < -0.3 is 20.1 Å². The summed E-state index contributed by atoms with van der Waals surface area (Å²) in [5.74, 6) is -0.531. The Morgan fingerprint density at radius 3 is 2.50 bits per heavy atom. The van der Waals surface area contributed by atoms with E-state index in [9.17, 15) is 9.59 Å². The van der Waals surface area contributed by atoms with Crippen molar-refractivity contribution in [3.05, 3.63) is 0 Å². The van der Waals surface area contributed by atoms with Gasteiger partial charge in [0.05, 0.1) is 12.1 Å². The summed E-state index contributed by atoms with van der Waals surface area (Å²) >= 11 is 0. The molecular weight excluding hydrogens is 236 g/mol. The smallest absolute Gasteiger partial charge is 0.323 e. The van der Waals surface area contributed by atoms with Crippen LogP contribution < -0.4 is 5.32 Å². The van der Waals surface area contributed by atoms with Crippen molar-refractivity contribution in [3.8, 4) is 0 Å². The third-order valence-corrected chi connectivity index (χ3v) is 2.74. The Labute approximate surface area is 107 Å². The molecule has 1 saturated carbocycles. The molecule has 2 N–H and O–H groups in total. The van der Waals surface area contributed by atoms with Gasteiger partial charge in [0.1, 0.15) is 6.54 Å². The summed E-state index contributed by atoms with van der Waals surface area (Å²) in [7, 11) is 1.56. The van der Waals surface area contributed by atoms with Gasteiger partial charge in [0.15, 0.2) is 0 Å². The average Bonchev–Trinajstić information content (AvgIpc) is 2.98. The molecule has 6 heteroatoms. The Morgan fingerprint density at radius 1 is 1.44 bits per heavy atom. The van der Waals surface area contributed by atoms with E-state index in [-0.39, 0.29) is 12.6 Å². The van der Waals surface area contributed by atoms with E-state index in [1.807, 2.05) is 13.8 Å². The lowest BCUT2D eigenvalue weighted by molar-refractivity contribution is -0.137. The van der Waals surface area contributed by atoms with E-state index in [2.05, 4.69) is 5.32 Å². The molecule has 0 aromatic rings. The van der Waals surface area contributed by atoms with Gasteiger partial charge in [-0.05, 0) is 32.6 Å². The molecule has 0 radical (unpaired) electrons. The normalized spacial score (nSPS) is 15.3. The van der Waals surface area contributed by atoms with E-state index in [0.29, 0.717) is 19.1 Å². The molecule has 0 bridgehead atoms. The highest BCUT2D eigenvalue weighted by molar-refractivity contribution is 5.80. The minimum Gasteiger partial charge on any atom is -0.480 e. The van der Waals surface area contributed by atoms with Gasteiger partial charge in [0.25, 0.3) is 0 Å². The predicted octanol–water partition coefficient (Wildman–Crippen LogP) is 0.918. The Balaban J connectivity index is 2.54. The number of carboxylic acid groups (broad SMARTS) is 1. The number of hydrogen-bond donors (Lipinski definition) is 2. The summed E-state index contributed by atoms with van der Waals surface area (Å²) in [6.45, 7) is 4.31.